The molecule has 2 aromatic rings. The zero-order valence-electron chi connectivity index (χ0n) is 18.1. The SMILES string of the molecule is CCOC(=O)c1c(C)[nH]c(C(=O)C(=O)N2C[C@H](C)O[C@@H](C)C2)c1-c1ccc(C)cc1. The second kappa shape index (κ2) is 8.83. The molecule has 1 amide bonds. The molecule has 160 valence electrons. The molecule has 2 heterocycles. The molecule has 0 spiro atoms. The molecule has 0 aliphatic carbocycles. The average molecular weight is 412 g/mol. The predicted octanol–water partition coefficient (Wildman–Crippen LogP) is 3.29. The van der Waals surface area contributed by atoms with Crippen LogP contribution in [0, 0.1) is 13.8 Å². The molecule has 1 fully saturated rings. The smallest absolute Gasteiger partial charge is 0.340 e. The third kappa shape index (κ3) is 4.31. The van der Waals surface area contributed by atoms with Crippen LogP contribution in [0.3, 0.4) is 0 Å². The van der Waals surface area contributed by atoms with Crippen molar-refractivity contribution in [2.45, 2.75) is 46.8 Å². The summed E-state index contributed by atoms with van der Waals surface area (Å²) in [6.07, 6.45) is -0.301. The molecular weight excluding hydrogens is 384 g/mol. The molecule has 1 N–H and O–H groups in total. The number of benzene rings is 1. The van der Waals surface area contributed by atoms with Gasteiger partial charge < -0.3 is 19.4 Å². The fourth-order valence-corrected chi connectivity index (χ4v) is 3.86. The van der Waals surface area contributed by atoms with Gasteiger partial charge in [0.05, 0.1) is 24.4 Å². The Labute approximate surface area is 176 Å². The van der Waals surface area contributed by atoms with E-state index in [0.717, 1.165) is 5.56 Å². The maximum atomic E-state index is 13.2. The fraction of sp³-hybridized carbons (Fsp3) is 0.435. The van der Waals surface area contributed by atoms with E-state index in [0.29, 0.717) is 29.9 Å². The molecule has 0 bridgehead atoms. The first-order valence-electron chi connectivity index (χ1n) is 10.2. The summed E-state index contributed by atoms with van der Waals surface area (Å²) in [6.45, 7) is 10.0. The van der Waals surface area contributed by atoms with Crippen molar-refractivity contribution in [3.63, 3.8) is 0 Å². The number of ketones is 1. The van der Waals surface area contributed by atoms with Gasteiger partial charge in [0.15, 0.2) is 0 Å². The van der Waals surface area contributed by atoms with Gasteiger partial charge in [0, 0.05) is 24.3 Å². The summed E-state index contributed by atoms with van der Waals surface area (Å²) in [5.74, 6) is -1.81. The number of amides is 1. The van der Waals surface area contributed by atoms with E-state index in [1.807, 2.05) is 45.0 Å². The number of rotatable bonds is 5. The molecule has 30 heavy (non-hydrogen) atoms. The first-order valence-corrected chi connectivity index (χ1v) is 10.2. The van der Waals surface area contributed by atoms with Crippen molar-refractivity contribution in [2.24, 2.45) is 0 Å². The first-order chi connectivity index (χ1) is 14.2. The number of aryl methyl sites for hydroxylation is 2. The number of ether oxygens (including phenoxy) is 2. The predicted molar refractivity (Wildman–Crippen MR) is 113 cm³/mol. The zero-order valence-corrected chi connectivity index (χ0v) is 18.1. The van der Waals surface area contributed by atoms with Gasteiger partial charge in [-0.1, -0.05) is 29.8 Å². The highest BCUT2D eigenvalue weighted by Gasteiger charge is 2.34. The van der Waals surface area contributed by atoms with Crippen molar-refractivity contribution >= 4 is 17.7 Å². The minimum Gasteiger partial charge on any atom is -0.462 e. The van der Waals surface area contributed by atoms with Gasteiger partial charge in [-0.2, -0.15) is 0 Å². The van der Waals surface area contributed by atoms with Gasteiger partial charge in [0.1, 0.15) is 5.69 Å². The van der Waals surface area contributed by atoms with Crippen molar-refractivity contribution in [1.82, 2.24) is 9.88 Å². The number of aromatic amines is 1. The van der Waals surface area contributed by atoms with Crippen LogP contribution in [0.1, 0.15) is 52.9 Å². The second-order valence-corrected chi connectivity index (χ2v) is 7.76. The Bertz CT molecular complexity index is 951. The van der Waals surface area contributed by atoms with E-state index >= 15 is 0 Å². The van der Waals surface area contributed by atoms with E-state index in [2.05, 4.69) is 4.98 Å². The van der Waals surface area contributed by atoms with Crippen LogP contribution in [0.5, 0.6) is 0 Å². The van der Waals surface area contributed by atoms with E-state index in [1.165, 1.54) is 4.90 Å². The number of nitrogens with zero attached hydrogens (tertiary/aromatic N) is 1. The number of nitrogens with one attached hydrogen (secondary N) is 1. The van der Waals surface area contributed by atoms with Crippen molar-refractivity contribution in [3.05, 3.63) is 46.8 Å². The molecule has 1 aromatic heterocycles. The van der Waals surface area contributed by atoms with Crippen molar-refractivity contribution in [3.8, 4) is 11.1 Å². The summed E-state index contributed by atoms with van der Waals surface area (Å²) in [5.41, 5.74) is 3.00. The van der Waals surface area contributed by atoms with Crippen LogP contribution >= 0.6 is 0 Å². The Morgan fingerprint density at radius 2 is 1.70 bits per heavy atom. The Hall–Kier alpha value is -2.93. The lowest BCUT2D eigenvalue weighted by Gasteiger charge is -2.34. The van der Waals surface area contributed by atoms with Gasteiger partial charge >= 0.3 is 5.97 Å². The summed E-state index contributed by atoms with van der Waals surface area (Å²) in [7, 11) is 0. The fourth-order valence-electron chi connectivity index (χ4n) is 3.86. The molecule has 7 heteroatoms. The molecule has 0 radical (unpaired) electrons. The Morgan fingerprint density at radius 3 is 2.27 bits per heavy atom. The third-order valence-corrected chi connectivity index (χ3v) is 5.14. The van der Waals surface area contributed by atoms with Crippen molar-refractivity contribution < 1.29 is 23.9 Å². The normalized spacial score (nSPS) is 18.9. The molecule has 1 saturated heterocycles. The van der Waals surface area contributed by atoms with Crippen LogP contribution in [0.15, 0.2) is 24.3 Å². The third-order valence-electron chi connectivity index (χ3n) is 5.14. The highest BCUT2D eigenvalue weighted by Crippen LogP contribution is 2.32. The zero-order chi connectivity index (χ0) is 22.0. The van der Waals surface area contributed by atoms with Gasteiger partial charge in [0.25, 0.3) is 11.7 Å². The van der Waals surface area contributed by atoms with Gasteiger partial charge in [-0.05, 0) is 40.2 Å². The average Bonchev–Trinajstić information content (AvgIpc) is 3.04. The van der Waals surface area contributed by atoms with Crippen molar-refractivity contribution in [1.29, 1.82) is 0 Å². The van der Waals surface area contributed by atoms with E-state index in [-0.39, 0.29) is 30.1 Å². The highest BCUT2D eigenvalue weighted by atomic mass is 16.5. The van der Waals surface area contributed by atoms with E-state index in [4.69, 9.17) is 9.47 Å². The van der Waals surface area contributed by atoms with Gasteiger partial charge in [0.2, 0.25) is 0 Å². The number of hydrogen-bond acceptors (Lipinski definition) is 5. The standard InChI is InChI=1S/C23H28N2O5/c1-6-29-23(28)18-16(5)24-20(19(18)17-9-7-13(2)8-10-17)21(26)22(27)25-11-14(3)30-15(4)12-25/h7-10,14-15,24H,6,11-12H2,1-5H3/t14-,15-/m0/s1. The topological polar surface area (TPSA) is 88.7 Å². The summed E-state index contributed by atoms with van der Waals surface area (Å²) in [4.78, 5) is 43.4. The lowest BCUT2D eigenvalue weighted by atomic mass is 9.97. The maximum Gasteiger partial charge on any atom is 0.340 e. The number of hydrogen-bond donors (Lipinski definition) is 1. The minimum absolute atomic E-state index is 0.108. The van der Waals surface area contributed by atoms with Crippen molar-refractivity contribution in [2.75, 3.05) is 19.7 Å². The van der Waals surface area contributed by atoms with E-state index < -0.39 is 17.7 Å². The van der Waals surface area contributed by atoms with Crippen LogP contribution in [0.2, 0.25) is 0 Å². The molecule has 3 rings (SSSR count). The Kier molecular flexibility index (Phi) is 6.41. The maximum absolute atomic E-state index is 13.2. The van der Waals surface area contributed by atoms with Crippen LogP contribution in [-0.2, 0) is 14.3 Å². The summed E-state index contributed by atoms with van der Waals surface area (Å²) in [5, 5.41) is 0. The Balaban J connectivity index is 2.06. The molecule has 7 nitrogen and oxygen atoms in total. The number of Topliss-reactive ketones (excluding diaryl/α,β-unsaturated/α-hetero) is 1. The summed E-state index contributed by atoms with van der Waals surface area (Å²) in [6, 6.07) is 7.46. The minimum atomic E-state index is -0.675. The van der Waals surface area contributed by atoms with Gasteiger partial charge in [-0.25, -0.2) is 4.79 Å². The number of esters is 1. The monoisotopic (exact) mass is 412 g/mol. The van der Waals surface area contributed by atoms with E-state index in [9.17, 15) is 14.4 Å². The summed E-state index contributed by atoms with van der Waals surface area (Å²) < 4.78 is 10.9. The van der Waals surface area contributed by atoms with Crippen LogP contribution in [-0.4, -0.2) is 59.4 Å². The lowest BCUT2D eigenvalue weighted by molar-refractivity contribution is -0.138. The highest BCUT2D eigenvalue weighted by molar-refractivity contribution is 6.43. The molecule has 1 aliphatic rings. The van der Waals surface area contributed by atoms with Gasteiger partial charge in [-0.3, -0.25) is 9.59 Å². The molecule has 1 aliphatic heterocycles. The lowest BCUT2D eigenvalue weighted by Crippen LogP contribution is -2.50. The quantitative estimate of drug-likeness (QED) is 0.462. The molecule has 0 unspecified atom stereocenters. The molecule has 1 aromatic carbocycles. The number of morpholine rings is 1. The molecule has 2 atom stereocenters. The number of carbonyl (C=O) groups excluding carboxylic acids is 3. The molecule has 0 saturated carbocycles. The Morgan fingerprint density at radius 1 is 1.10 bits per heavy atom. The van der Waals surface area contributed by atoms with Crippen LogP contribution in [0.25, 0.3) is 11.1 Å². The van der Waals surface area contributed by atoms with Crippen LogP contribution in [0.4, 0.5) is 0 Å². The summed E-state index contributed by atoms with van der Waals surface area (Å²) >= 11 is 0. The second-order valence-electron chi connectivity index (χ2n) is 7.76. The molecular formula is C23H28N2O5. The first kappa shape index (κ1) is 21.8. The van der Waals surface area contributed by atoms with Gasteiger partial charge in [-0.15, -0.1) is 0 Å². The number of H-pyrrole nitrogens is 1. The van der Waals surface area contributed by atoms with Crippen LogP contribution < -0.4 is 0 Å². The number of aromatic nitrogens is 1. The number of carbonyl (C=O) groups is 3. The largest absolute Gasteiger partial charge is 0.462 e. The van der Waals surface area contributed by atoms with E-state index in [1.54, 1.807) is 13.8 Å².